The zero-order valence-electron chi connectivity index (χ0n) is 25.6. The number of carbonyl (C=O) groups excluding carboxylic acids is 4. The fourth-order valence-electron chi connectivity index (χ4n) is 5.83. The van der Waals surface area contributed by atoms with Crippen LogP contribution in [-0.2, 0) is 29.1 Å². The lowest BCUT2D eigenvalue weighted by atomic mass is 10.0. The standard InChI is InChI=1S/C31H43ClN4O7S/c1-30(2,3)43-29(40)33-23-16-10-8-6-4-5-7-9-14-21-20-31(21,34-26(37)24-17-13-19-36(24)27(23)38)28(39)35-44(41,42)25-18-12-11-15-22(25)32/h9,11-12,14-15,18,21,23-24H,4-8,10,13,16-17,19-20H2,1-3H3,(H,33,40)(H,34,37)(H,35,39)/t21-,23?,24+,31-/m1/s1. The zero-order valence-corrected chi connectivity index (χ0v) is 27.1. The summed E-state index contributed by atoms with van der Waals surface area (Å²) in [5.74, 6) is -2.21. The summed E-state index contributed by atoms with van der Waals surface area (Å²) in [6.07, 6.45) is 9.90. The van der Waals surface area contributed by atoms with Crippen molar-refractivity contribution in [3.8, 4) is 0 Å². The van der Waals surface area contributed by atoms with Crippen LogP contribution in [0.15, 0.2) is 41.3 Å². The summed E-state index contributed by atoms with van der Waals surface area (Å²) in [7, 11) is -4.32. The minimum absolute atomic E-state index is 0.0369. The summed E-state index contributed by atoms with van der Waals surface area (Å²) in [5.41, 5.74) is -2.25. The second-order valence-corrected chi connectivity index (χ2v) is 14.9. The fourth-order valence-corrected chi connectivity index (χ4v) is 7.39. The first kappa shape index (κ1) is 33.8. The Kier molecular flexibility index (Phi) is 10.7. The number of benzene rings is 1. The van der Waals surface area contributed by atoms with Gasteiger partial charge < -0.3 is 20.3 Å². The van der Waals surface area contributed by atoms with Gasteiger partial charge in [-0.1, -0.05) is 61.6 Å². The molecule has 1 aromatic rings. The van der Waals surface area contributed by atoms with Crippen LogP contribution in [0.5, 0.6) is 0 Å². The number of allylic oxidation sites excluding steroid dienone is 1. The molecule has 0 radical (unpaired) electrons. The number of rotatable bonds is 4. The van der Waals surface area contributed by atoms with E-state index >= 15 is 0 Å². The molecule has 1 saturated carbocycles. The van der Waals surface area contributed by atoms with Crippen molar-refractivity contribution in [3.05, 3.63) is 41.4 Å². The van der Waals surface area contributed by atoms with Gasteiger partial charge >= 0.3 is 6.09 Å². The Hall–Kier alpha value is -3.12. The van der Waals surface area contributed by atoms with Crippen LogP contribution in [0.3, 0.4) is 0 Å². The number of alkyl carbamates (subject to hydrolysis) is 1. The maximum atomic E-state index is 13.8. The predicted molar refractivity (Wildman–Crippen MR) is 165 cm³/mol. The number of carbonyl (C=O) groups is 4. The van der Waals surface area contributed by atoms with Crippen LogP contribution in [0, 0.1) is 5.92 Å². The van der Waals surface area contributed by atoms with Gasteiger partial charge in [0.05, 0.1) is 5.02 Å². The summed E-state index contributed by atoms with van der Waals surface area (Å²) in [6, 6.07) is 4.03. The fraction of sp³-hybridized carbons (Fsp3) is 0.613. The maximum absolute atomic E-state index is 13.8. The van der Waals surface area contributed by atoms with Gasteiger partial charge in [-0.3, -0.25) is 14.4 Å². The highest BCUT2D eigenvalue weighted by molar-refractivity contribution is 7.90. The van der Waals surface area contributed by atoms with Crippen LogP contribution < -0.4 is 15.4 Å². The lowest BCUT2D eigenvalue weighted by molar-refractivity contribution is -0.141. The van der Waals surface area contributed by atoms with Gasteiger partial charge in [0, 0.05) is 12.5 Å². The van der Waals surface area contributed by atoms with Crippen LogP contribution in [0.25, 0.3) is 0 Å². The van der Waals surface area contributed by atoms with Crippen molar-refractivity contribution in [2.75, 3.05) is 6.54 Å². The van der Waals surface area contributed by atoms with Crippen molar-refractivity contribution in [1.82, 2.24) is 20.3 Å². The predicted octanol–water partition coefficient (Wildman–Crippen LogP) is 4.20. The lowest BCUT2D eigenvalue weighted by Gasteiger charge is -2.30. The molecule has 3 N–H and O–H groups in total. The molecule has 2 aliphatic heterocycles. The zero-order chi connectivity index (χ0) is 32.1. The van der Waals surface area contributed by atoms with Crippen LogP contribution in [-0.4, -0.2) is 66.9 Å². The number of nitrogens with zero attached hydrogens (tertiary/aromatic N) is 1. The van der Waals surface area contributed by atoms with Gasteiger partial charge in [0.15, 0.2) is 0 Å². The number of hydrogen-bond acceptors (Lipinski definition) is 7. The van der Waals surface area contributed by atoms with E-state index in [4.69, 9.17) is 16.3 Å². The minimum Gasteiger partial charge on any atom is -0.444 e. The van der Waals surface area contributed by atoms with Crippen molar-refractivity contribution in [2.24, 2.45) is 5.92 Å². The number of hydrogen-bond donors (Lipinski definition) is 3. The molecule has 1 saturated heterocycles. The maximum Gasteiger partial charge on any atom is 0.408 e. The largest absolute Gasteiger partial charge is 0.444 e. The van der Waals surface area contributed by atoms with Crippen LogP contribution in [0.4, 0.5) is 4.79 Å². The van der Waals surface area contributed by atoms with E-state index in [1.807, 2.05) is 12.2 Å². The van der Waals surface area contributed by atoms with Crippen molar-refractivity contribution in [3.63, 3.8) is 0 Å². The Labute approximate surface area is 264 Å². The first-order valence-electron chi connectivity index (χ1n) is 15.3. The Balaban J connectivity index is 1.58. The molecular weight excluding hydrogens is 608 g/mol. The number of ether oxygens (including phenoxy) is 1. The van der Waals surface area contributed by atoms with E-state index < -0.39 is 57.1 Å². The van der Waals surface area contributed by atoms with Gasteiger partial charge in [-0.05, 0) is 71.4 Å². The Bertz CT molecular complexity index is 1390. The second kappa shape index (κ2) is 13.9. The van der Waals surface area contributed by atoms with Gasteiger partial charge in [-0.15, -0.1) is 0 Å². The quantitative estimate of drug-likeness (QED) is 0.413. The average molecular weight is 651 g/mol. The van der Waals surface area contributed by atoms with E-state index in [0.717, 1.165) is 38.5 Å². The van der Waals surface area contributed by atoms with Crippen molar-refractivity contribution in [1.29, 1.82) is 0 Å². The topological polar surface area (TPSA) is 151 Å². The summed E-state index contributed by atoms with van der Waals surface area (Å²) < 4.78 is 33.7. The summed E-state index contributed by atoms with van der Waals surface area (Å²) in [6.45, 7) is 5.53. The molecule has 44 heavy (non-hydrogen) atoms. The number of fused-ring (bicyclic) bond motifs is 2. The molecule has 0 aromatic heterocycles. The molecule has 1 unspecified atom stereocenters. The monoisotopic (exact) mass is 650 g/mol. The summed E-state index contributed by atoms with van der Waals surface area (Å²) in [5, 5.41) is 5.50. The Morgan fingerprint density at radius 3 is 2.48 bits per heavy atom. The van der Waals surface area contributed by atoms with Gasteiger partial charge in [-0.25, -0.2) is 17.9 Å². The summed E-state index contributed by atoms with van der Waals surface area (Å²) >= 11 is 6.10. The molecular formula is C31H43ClN4O7S. The molecule has 3 aliphatic rings. The molecule has 0 spiro atoms. The molecule has 2 heterocycles. The third kappa shape index (κ3) is 8.32. The Morgan fingerprint density at radius 2 is 1.75 bits per heavy atom. The Morgan fingerprint density at radius 1 is 1.05 bits per heavy atom. The molecule has 4 amide bonds. The SMILES string of the molecule is CC(C)(C)OC(=O)NC1CCCCCCCC=C[C@@H]2C[C@@]2(C(=O)NS(=O)(=O)c2ccccc2Cl)NC(=O)[C@@H]2CCCN2C1=O. The first-order valence-corrected chi connectivity index (χ1v) is 17.2. The van der Waals surface area contributed by atoms with Gasteiger partial charge in [0.2, 0.25) is 11.8 Å². The molecule has 4 atom stereocenters. The number of sulfonamides is 1. The minimum atomic E-state index is -4.32. The number of amides is 4. The number of nitrogens with one attached hydrogen (secondary N) is 3. The highest BCUT2D eigenvalue weighted by Crippen LogP contribution is 2.46. The van der Waals surface area contributed by atoms with E-state index in [1.165, 1.54) is 23.1 Å². The van der Waals surface area contributed by atoms with Gasteiger partial charge in [0.1, 0.15) is 28.1 Å². The molecule has 2 fully saturated rings. The number of halogens is 1. The molecule has 1 aromatic carbocycles. The molecule has 1 aliphatic carbocycles. The van der Waals surface area contributed by atoms with E-state index in [0.29, 0.717) is 25.8 Å². The summed E-state index contributed by atoms with van der Waals surface area (Å²) in [4.78, 5) is 55.0. The van der Waals surface area contributed by atoms with E-state index in [-0.39, 0.29) is 22.2 Å². The molecule has 4 rings (SSSR count). The van der Waals surface area contributed by atoms with Crippen molar-refractivity contribution >= 4 is 45.4 Å². The molecule has 13 heteroatoms. The van der Waals surface area contributed by atoms with Crippen molar-refractivity contribution < 1.29 is 32.3 Å². The second-order valence-electron chi connectivity index (χ2n) is 12.8. The molecule has 242 valence electrons. The van der Waals surface area contributed by atoms with E-state index in [1.54, 1.807) is 26.8 Å². The third-order valence-corrected chi connectivity index (χ3v) is 10.0. The smallest absolute Gasteiger partial charge is 0.408 e. The van der Waals surface area contributed by atoms with E-state index in [2.05, 4.69) is 15.4 Å². The molecule has 11 nitrogen and oxygen atoms in total. The normalized spacial score (nSPS) is 26.9. The highest BCUT2D eigenvalue weighted by atomic mass is 35.5. The van der Waals surface area contributed by atoms with Gasteiger partial charge in [0.25, 0.3) is 15.9 Å². The van der Waals surface area contributed by atoms with Crippen LogP contribution in [0.1, 0.15) is 85.0 Å². The lowest BCUT2D eigenvalue weighted by Crippen LogP contribution is -2.58. The van der Waals surface area contributed by atoms with Gasteiger partial charge in [-0.2, -0.15) is 0 Å². The van der Waals surface area contributed by atoms with Crippen molar-refractivity contribution in [2.45, 2.75) is 113 Å². The first-order chi connectivity index (χ1) is 20.7. The third-order valence-electron chi connectivity index (χ3n) is 8.18. The highest BCUT2D eigenvalue weighted by Gasteiger charge is 2.61. The molecule has 0 bridgehead atoms. The van der Waals surface area contributed by atoms with Crippen LogP contribution >= 0.6 is 11.6 Å². The van der Waals surface area contributed by atoms with E-state index in [9.17, 15) is 27.6 Å². The van der Waals surface area contributed by atoms with Crippen LogP contribution in [0.2, 0.25) is 5.02 Å². The average Bonchev–Trinajstić information content (AvgIpc) is 3.39.